The van der Waals surface area contributed by atoms with Gasteiger partial charge in [-0.25, -0.2) is 9.59 Å². The number of carbonyl (C=O) groups is 2. The maximum atomic E-state index is 13.5. The molecule has 5 nitrogen and oxygen atoms in total. The van der Waals surface area contributed by atoms with Crippen molar-refractivity contribution in [2.45, 2.75) is 37.6 Å². The van der Waals surface area contributed by atoms with Gasteiger partial charge in [0.25, 0.3) is 0 Å². The molecule has 0 N–H and O–H groups in total. The van der Waals surface area contributed by atoms with E-state index in [1.165, 1.54) is 4.90 Å². The molecule has 168 valence electrons. The van der Waals surface area contributed by atoms with Crippen LogP contribution in [-0.4, -0.2) is 22.5 Å². The number of rotatable bonds is 8. The van der Waals surface area contributed by atoms with Crippen LogP contribution in [0.3, 0.4) is 0 Å². The van der Waals surface area contributed by atoms with E-state index in [-0.39, 0.29) is 13.0 Å². The number of esters is 1. The lowest BCUT2D eigenvalue weighted by Gasteiger charge is -2.35. The highest BCUT2D eigenvalue weighted by Crippen LogP contribution is 2.43. The number of hydrogen-bond donors (Lipinski definition) is 0. The summed E-state index contributed by atoms with van der Waals surface area (Å²) in [6.45, 7) is 3.96. The maximum absolute atomic E-state index is 13.5. The fourth-order valence-electron chi connectivity index (χ4n) is 4.22. The largest absolute Gasteiger partial charge is 0.444 e. The van der Waals surface area contributed by atoms with Gasteiger partial charge in [-0.05, 0) is 30.4 Å². The summed E-state index contributed by atoms with van der Waals surface area (Å²) in [7, 11) is 0. The van der Waals surface area contributed by atoms with Gasteiger partial charge in [-0.2, -0.15) is 0 Å². The molecule has 0 aromatic heterocycles. The van der Waals surface area contributed by atoms with E-state index in [1.807, 2.05) is 91.0 Å². The van der Waals surface area contributed by atoms with Crippen LogP contribution in [-0.2, 0) is 27.3 Å². The molecule has 3 aromatic rings. The second kappa shape index (κ2) is 10.2. The van der Waals surface area contributed by atoms with Crippen molar-refractivity contribution in [3.05, 3.63) is 120 Å². The van der Waals surface area contributed by atoms with Gasteiger partial charge in [-0.3, -0.25) is 4.90 Å². The second-order valence-electron chi connectivity index (χ2n) is 8.09. The van der Waals surface area contributed by atoms with Crippen molar-refractivity contribution < 1.29 is 19.1 Å². The average Bonchev–Trinajstić information content (AvgIpc) is 3.15. The fourth-order valence-corrected chi connectivity index (χ4v) is 4.22. The van der Waals surface area contributed by atoms with Gasteiger partial charge >= 0.3 is 12.1 Å². The minimum atomic E-state index is -1.20. The SMILES string of the molecule is C=CCC1(CCc2ccccc2)C(=O)OC(c2ccccc2)N1C(=O)OCc1ccccc1. The first-order valence-electron chi connectivity index (χ1n) is 11.0. The molecule has 0 spiro atoms. The molecule has 2 atom stereocenters. The van der Waals surface area contributed by atoms with Gasteiger partial charge in [0.1, 0.15) is 6.61 Å². The zero-order valence-corrected chi connectivity index (χ0v) is 18.4. The molecule has 0 aliphatic carbocycles. The molecule has 1 amide bonds. The summed E-state index contributed by atoms with van der Waals surface area (Å²) in [5, 5.41) is 0. The van der Waals surface area contributed by atoms with Crippen LogP contribution in [0.2, 0.25) is 0 Å². The van der Waals surface area contributed by atoms with Gasteiger partial charge in [-0.1, -0.05) is 97.1 Å². The van der Waals surface area contributed by atoms with E-state index < -0.39 is 23.8 Å². The molecule has 2 unspecified atom stereocenters. The highest BCUT2D eigenvalue weighted by molar-refractivity contribution is 5.89. The van der Waals surface area contributed by atoms with Crippen LogP contribution < -0.4 is 0 Å². The smallest absolute Gasteiger partial charge is 0.414 e. The lowest BCUT2D eigenvalue weighted by Crippen LogP contribution is -2.52. The van der Waals surface area contributed by atoms with Crippen LogP contribution in [0.5, 0.6) is 0 Å². The number of amides is 1. The van der Waals surface area contributed by atoms with E-state index in [0.29, 0.717) is 18.4 Å². The van der Waals surface area contributed by atoms with Crippen molar-refractivity contribution in [1.82, 2.24) is 4.90 Å². The van der Waals surface area contributed by atoms with Crippen LogP contribution in [0, 0.1) is 0 Å². The van der Waals surface area contributed by atoms with Crippen molar-refractivity contribution >= 4 is 12.1 Å². The second-order valence-corrected chi connectivity index (χ2v) is 8.09. The molecule has 1 aliphatic rings. The van der Waals surface area contributed by atoms with Crippen molar-refractivity contribution in [3.63, 3.8) is 0 Å². The Balaban J connectivity index is 1.67. The van der Waals surface area contributed by atoms with Gasteiger partial charge < -0.3 is 9.47 Å². The summed E-state index contributed by atoms with van der Waals surface area (Å²) in [5.74, 6) is -0.441. The average molecular weight is 442 g/mol. The van der Waals surface area contributed by atoms with Crippen LogP contribution in [0.15, 0.2) is 104 Å². The third-order valence-corrected chi connectivity index (χ3v) is 5.93. The molecule has 0 bridgehead atoms. The number of aryl methyl sites for hydroxylation is 1. The molecular formula is C28H27NO4. The molecule has 1 heterocycles. The zero-order chi connectivity index (χ0) is 23.1. The molecule has 5 heteroatoms. The van der Waals surface area contributed by atoms with Gasteiger partial charge in [0, 0.05) is 5.56 Å². The Morgan fingerprint density at radius 2 is 1.52 bits per heavy atom. The molecular weight excluding hydrogens is 414 g/mol. The molecule has 1 saturated heterocycles. The first-order valence-corrected chi connectivity index (χ1v) is 11.0. The van der Waals surface area contributed by atoms with E-state index >= 15 is 0 Å². The van der Waals surface area contributed by atoms with Gasteiger partial charge in [-0.15, -0.1) is 6.58 Å². The van der Waals surface area contributed by atoms with E-state index in [2.05, 4.69) is 6.58 Å². The Kier molecular flexibility index (Phi) is 6.89. The predicted octanol–water partition coefficient (Wildman–Crippen LogP) is 5.83. The first-order chi connectivity index (χ1) is 16.1. The number of benzene rings is 3. The normalized spacial score (nSPS) is 19.7. The highest BCUT2D eigenvalue weighted by Gasteiger charge is 2.57. The molecule has 4 rings (SSSR count). The monoisotopic (exact) mass is 441 g/mol. The third kappa shape index (κ3) is 4.82. The highest BCUT2D eigenvalue weighted by atomic mass is 16.6. The summed E-state index contributed by atoms with van der Waals surface area (Å²) in [4.78, 5) is 28.3. The van der Waals surface area contributed by atoms with Crippen LogP contribution in [0.4, 0.5) is 4.79 Å². The number of nitrogens with zero attached hydrogens (tertiary/aromatic N) is 1. The standard InChI is InChI=1S/C28H27NO4/c1-2-19-28(20-18-22-12-6-3-7-13-22)26(30)33-25(24-16-10-5-11-17-24)29(28)27(31)32-21-23-14-8-4-9-15-23/h2-17,25H,1,18-21H2. The Morgan fingerprint density at radius 3 is 2.12 bits per heavy atom. The fraction of sp³-hybridized carbons (Fsp3) is 0.214. The molecule has 33 heavy (non-hydrogen) atoms. The van der Waals surface area contributed by atoms with Crippen molar-refractivity contribution in [2.24, 2.45) is 0 Å². The topological polar surface area (TPSA) is 55.8 Å². The predicted molar refractivity (Wildman–Crippen MR) is 126 cm³/mol. The van der Waals surface area contributed by atoms with E-state index in [9.17, 15) is 9.59 Å². The van der Waals surface area contributed by atoms with Gasteiger partial charge in [0.15, 0.2) is 5.54 Å². The minimum absolute atomic E-state index is 0.106. The molecule has 1 aliphatic heterocycles. The van der Waals surface area contributed by atoms with Gasteiger partial charge in [0.05, 0.1) is 0 Å². The minimum Gasteiger partial charge on any atom is -0.444 e. The van der Waals surface area contributed by atoms with Crippen molar-refractivity contribution in [2.75, 3.05) is 0 Å². The van der Waals surface area contributed by atoms with Crippen LogP contribution >= 0.6 is 0 Å². The molecule has 3 aromatic carbocycles. The molecule has 0 saturated carbocycles. The summed E-state index contributed by atoms with van der Waals surface area (Å²) in [6.07, 6.45) is 1.48. The Hall–Kier alpha value is -3.86. The lowest BCUT2D eigenvalue weighted by molar-refractivity contribution is -0.145. The Morgan fingerprint density at radius 1 is 0.939 bits per heavy atom. The summed E-state index contributed by atoms with van der Waals surface area (Å²) in [5.41, 5.74) is 1.46. The zero-order valence-electron chi connectivity index (χ0n) is 18.4. The quantitative estimate of drug-likeness (QED) is 0.326. The van der Waals surface area contributed by atoms with Gasteiger partial charge in [0.2, 0.25) is 6.23 Å². The van der Waals surface area contributed by atoms with Crippen molar-refractivity contribution in [3.8, 4) is 0 Å². The molecule has 1 fully saturated rings. The lowest BCUT2D eigenvalue weighted by atomic mass is 9.86. The molecule has 0 radical (unpaired) electrons. The van der Waals surface area contributed by atoms with Crippen LogP contribution in [0.1, 0.15) is 35.8 Å². The van der Waals surface area contributed by atoms with Crippen molar-refractivity contribution in [1.29, 1.82) is 0 Å². The number of hydrogen-bond acceptors (Lipinski definition) is 4. The van der Waals surface area contributed by atoms with Crippen LogP contribution in [0.25, 0.3) is 0 Å². The summed E-state index contributed by atoms with van der Waals surface area (Å²) < 4.78 is 11.5. The summed E-state index contributed by atoms with van der Waals surface area (Å²) in [6, 6.07) is 28.6. The maximum Gasteiger partial charge on any atom is 0.414 e. The van der Waals surface area contributed by atoms with E-state index in [0.717, 1.165) is 11.1 Å². The Labute approximate surface area is 194 Å². The van der Waals surface area contributed by atoms with E-state index in [4.69, 9.17) is 9.47 Å². The summed E-state index contributed by atoms with van der Waals surface area (Å²) >= 11 is 0. The van der Waals surface area contributed by atoms with E-state index in [1.54, 1.807) is 6.08 Å². The Bertz CT molecular complexity index is 1080. The number of carbonyl (C=O) groups excluding carboxylic acids is 2. The number of cyclic esters (lactones) is 1. The third-order valence-electron chi connectivity index (χ3n) is 5.93. The first kappa shape index (κ1) is 22.3. The number of ether oxygens (including phenoxy) is 2.